The van der Waals surface area contributed by atoms with Crippen molar-refractivity contribution >= 4 is 26.9 Å². The molecule has 1 aromatic heterocycles. The number of nitrogens with one attached hydrogen (secondary N) is 1. The fourth-order valence-electron chi connectivity index (χ4n) is 2.49. The van der Waals surface area contributed by atoms with Gasteiger partial charge in [-0.25, -0.2) is 0 Å². The smallest absolute Gasteiger partial charge is 0.134 e. The van der Waals surface area contributed by atoms with Gasteiger partial charge in [0.2, 0.25) is 0 Å². The van der Waals surface area contributed by atoms with Crippen LogP contribution in [-0.4, -0.2) is 12.6 Å². The lowest BCUT2D eigenvalue weighted by atomic mass is 10.0. The van der Waals surface area contributed by atoms with E-state index in [1.165, 1.54) is 39.4 Å². The predicted molar refractivity (Wildman–Crippen MR) is 78.1 cm³/mol. The van der Waals surface area contributed by atoms with Crippen LogP contribution in [0.25, 0.3) is 11.0 Å². The highest BCUT2D eigenvalue weighted by atomic mass is 79.9. The molecule has 3 rings (SSSR count). The van der Waals surface area contributed by atoms with Gasteiger partial charge in [-0.05, 0) is 62.4 Å². The number of fused-ring (bicyclic) bond motifs is 1. The van der Waals surface area contributed by atoms with E-state index >= 15 is 0 Å². The second-order valence-electron chi connectivity index (χ2n) is 5.24. The van der Waals surface area contributed by atoms with Gasteiger partial charge in [-0.2, -0.15) is 0 Å². The number of benzene rings is 1. The van der Waals surface area contributed by atoms with Gasteiger partial charge in [0.1, 0.15) is 5.58 Å². The monoisotopic (exact) mass is 307 g/mol. The summed E-state index contributed by atoms with van der Waals surface area (Å²) in [5, 5.41) is 4.83. The molecule has 1 aliphatic carbocycles. The van der Waals surface area contributed by atoms with Gasteiger partial charge in [-0.15, -0.1) is 0 Å². The summed E-state index contributed by atoms with van der Waals surface area (Å²) < 4.78 is 6.89. The lowest BCUT2D eigenvalue weighted by molar-refractivity contribution is 0.605. The first-order chi connectivity index (χ1) is 8.66. The van der Waals surface area contributed by atoms with Gasteiger partial charge in [0.05, 0.1) is 6.26 Å². The number of hydrogen-bond acceptors (Lipinski definition) is 2. The molecule has 0 bridgehead atoms. The van der Waals surface area contributed by atoms with Crippen molar-refractivity contribution in [2.45, 2.75) is 39.2 Å². The predicted octanol–water partition coefficient (Wildman–Crippen LogP) is 4.11. The molecule has 18 heavy (non-hydrogen) atoms. The van der Waals surface area contributed by atoms with E-state index in [-0.39, 0.29) is 0 Å². The van der Waals surface area contributed by atoms with Crippen LogP contribution in [0.4, 0.5) is 0 Å². The molecule has 0 radical (unpaired) electrons. The average Bonchev–Trinajstić information content (AvgIpc) is 3.08. The Bertz CT molecular complexity index is 584. The number of halogens is 1. The molecule has 96 valence electrons. The summed E-state index contributed by atoms with van der Waals surface area (Å²) in [6.45, 7) is 5.31. The second-order valence-corrected chi connectivity index (χ2v) is 6.04. The molecule has 0 atom stereocenters. The molecule has 1 aliphatic rings. The Labute approximate surface area is 116 Å². The maximum Gasteiger partial charge on any atom is 0.134 e. The van der Waals surface area contributed by atoms with Gasteiger partial charge < -0.3 is 9.73 Å². The maximum absolute atomic E-state index is 5.69. The molecule has 0 saturated heterocycles. The van der Waals surface area contributed by atoms with Gasteiger partial charge in [-0.1, -0.05) is 15.9 Å². The Morgan fingerprint density at radius 2 is 2.17 bits per heavy atom. The molecule has 0 amide bonds. The zero-order valence-electron chi connectivity index (χ0n) is 10.8. The van der Waals surface area contributed by atoms with Gasteiger partial charge in [0.25, 0.3) is 0 Å². The van der Waals surface area contributed by atoms with Crippen molar-refractivity contribution in [3.63, 3.8) is 0 Å². The first-order valence-electron chi connectivity index (χ1n) is 6.56. The van der Waals surface area contributed by atoms with Crippen molar-refractivity contribution in [3.8, 4) is 0 Å². The highest BCUT2D eigenvalue weighted by Gasteiger charge is 2.20. The fraction of sp³-hybridized carbons (Fsp3) is 0.467. The van der Waals surface area contributed by atoms with E-state index < -0.39 is 0 Å². The standard InChI is InChI=1S/C15H18BrNO/c1-9-7-13-14(10(2)15(9)16)11(8-18-13)5-6-17-12-3-4-12/h7-8,12,17H,3-6H2,1-2H3. The minimum atomic E-state index is 0.776. The summed E-state index contributed by atoms with van der Waals surface area (Å²) in [7, 11) is 0. The van der Waals surface area contributed by atoms with Gasteiger partial charge in [0, 0.05) is 15.9 Å². The minimum absolute atomic E-state index is 0.776. The average molecular weight is 308 g/mol. The van der Waals surface area contributed by atoms with Crippen LogP contribution in [0.2, 0.25) is 0 Å². The molecule has 1 N–H and O–H groups in total. The van der Waals surface area contributed by atoms with E-state index in [0.29, 0.717) is 0 Å². The van der Waals surface area contributed by atoms with Crippen LogP contribution in [-0.2, 0) is 6.42 Å². The van der Waals surface area contributed by atoms with Crippen LogP contribution in [0, 0.1) is 13.8 Å². The third-order valence-electron chi connectivity index (χ3n) is 3.70. The lowest BCUT2D eigenvalue weighted by Crippen LogP contribution is -2.19. The number of aryl methyl sites for hydroxylation is 2. The van der Waals surface area contributed by atoms with Gasteiger partial charge in [0.15, 0.2) is 0 Å². The largest absolute Gasteiger partial charge is 0.464 e. The van der Waals surface area contributed by atoms with Crippen LogP contribution in [0.15, 0.2) is 21.2 Å². The van der Waals surface area contributed by atoms with Gasteiger partial charge >= 0.3 is 0 Å². The Hall–Kier alpha value is -0.800. The van der Waals surface area contributed by atoms with Crippen LogP contribution in [0.5, 0.6) is 0 Å². The van der Waals surface area contributed by atoms with E-state index in [1.807, 2.05) is 6.26 Å². The third kappa shape index (κ3) is 2.21. The first kappa shape index (κ1) is 12.2. The van der Waals surface area contributed by atoms with Crippen molar-refractivity contribution in [2.24, 2.45) is 0 Å². The SMILES string of the molecule is Cc1cc2occ(CCNC3CC3)c2c(C)c1Br. The number of hydrogen-bond donors (Lipinski definition) is 1. The summed E-state index contributed by atoms with van der Waals surface area (Å²) in [4.78, 5) is 0. The Morgan fingerprint density at radius 3 is 2.89 bits per heavy atom. The molecule has 1 heterocycles. The second kappa shape index (κ2) is 4.71. The van der Waals surface area contributed by atoms with Crippen molar-refractivity contribution in [2.75, 3.05) is 6.54 Å². The summed E-state index contributed by atoms with van der Waals surface area (Å²) in [5.41, 5.74) is 4.85. The molecule has 0 spiro atoms. The molecule has 2 nitrogen and oxygen atoms in total. The molecule has 3 heteroatoms. The van der Waals surface area contributed by atoms with Crippen molar-refractivity contribution in [1.82, 2.24) is 5.32 Å². The summed E-state index contributed by atoms with van der Waals surface area (Å²) >= 11 is 3.66. The maximum atomic E-state index is 5.69. The normalized spacial score (nSPS) is 15.5. The van der Waals surface area contributed by atoms with Crippen LogP contribution < -0.4 is 5.32 Å². The molecular weight excluding hydrogens is 290 g/mol. The molecule has 0 aliphatic heterocycles. The van der Waals surface area contributed by atoms with E-state index in [4.69, 9.17) is 4.42 Å². The Kier molecular flexibility index (Phi) is 3.20. The van der Waals surface area contributed by atoms with E-state index in [2.05, 4.69) is 41.2 Å². The molecule has 0 unspecified atom stereocenters. The summed E-state index contributed by atoms with van der Waals surface area (Å²) in [6.07, 6.45) is 5.64. The zero-order valence-corrected chi connectivity index (χ0v) is 12.4. The lowest BCUT2D eigenvalue weighted by Gasteiger charge is -2.06. The van der Waals surface area contributed by atoms with Crippen LogP contribution in [0.1, 0.15) is 29.5 Å². The number of furan rings is 1. The highest BCUT2D eigenvalue weighted by Crippen LogP contribution is 2.33. The van der Waals surface area contributed by atoms with Crippen molar-refractivity contribution in [3.05, 3.63) is 33.5 Å². The van der Waals surface area contributed by atoms with E-state index in [9.17, 15) is 0 Å². The van der Waals surface area contributed by atoms with Crippen molar-refractivity contribution in [1.29, 1.82) is 0 Å². The minimum Gasteiger partial charge on any atom is -0.464 e. The van der Waals surface area contributed by atoms with Crippen molar-refractivity contribution < 1.29 is 4.42 Å². The van der Waals surface area contributed by atoms with E-state index in [0.717, 1.165) is 24.6 Å². The Balaban J connectivity index is 1.89. The third-order valence-corrected chi connectivity index (χ3v) is 4.92. The van der Waals surface area contributed by atoms with Gasteiger partial charge in [-0.3, -0.25) is 0 Å². The zero-order chi connectivity index (χ0) is 12.7. The molecule has 1 aromatic carbocycles. The molecule has 2 aromatic rings. The first-order valence-corrected chi connectivity index (χ1v) is 7.35. The molecular formula is C15H18BrNO. The summed E-state index contributed by atoms with van der Waals surface area (Å²) in [5.74, 6) is 0. The van der Waals surface area contributed by atoms with Crippen LogP contribution >= 0.6 is 15.9 Å². The van der Waals surface area contributed by atoms with Crippen LogP contribution in [0.3, 0.4) is 0 Å². The Morgan fingerprint density at radius 1 is 1.39 bits per heavy atom. The number of rotatable bonds is 4. The molecule has 1 saturated carbocycles. The fourth-order valence-corrected chi connectivity index (χ4v) is 2.80. The molecule has 1 fully saturated rings. The van der Waals surface area contributed by atoms with E-state index in [1.54, 1.807) is 0 Å². The topological polar surface area (TPSA) is 25.2 Å². The summed E-state index contributed by atoms with van der Waals surface area (Å²) in [6, 6.07) is 2.89. The quantitative estimate of drug-likeness (QED) is 0.919. The highest BCUT2D eigenvalue weighted by molar-refractivity contribution is 9.10.